The number of hydrogen-bond acceptors (Lipinski definition) is 5. The lowest BCUT2D eigenvalue weighted by Gasteiger charge is -2.30. The fraction of sp³-hybridized carbons (Fsp3) is 0.579. The Hall–Kier alpha value is -1.93. The smallest absolute Gasteiger partial charge is 0.305 e. The number of methoxy groups -OCH3 is 1. The van der Waals surface area contributed by atoms with Gasteiger partial charge in [-0.25, -0.2) is 8.42 Å². The first-order valence-electron chi connectivity index (χ1n) is 9.35. The third kappa shape index (κ3) is 6.32. The van der Waals surface area contributed by atoms with Gasteiger partial charge in [0.25, 0.3) is 0 Å². The van der Waals surface area contributed by atoms with E-state index in [-0.39, 0.29) is 17.8 Å². The van der Waals surface area contributed by atoms with Crippen molar-refractivity contribution in [2.45, 2.75) is 43.4 Å². The maximum absolute atomic E-state index is 12.6. The number of piperidine rings is 1. The summed E-state index contributed by atoms with van der Waals surface area (Å²) in [5.41, 5.74) is 0. The van der Waals surface area contributed by atoms with E-state index in [2.05, 4.69) is 10.1 Å². The number of nitrogens with zero attached hydrogens (tertiary/aromatic N) is 1. The first kappa shape index (κ1) is 21.4. The Morgan fingerprint density at radius 3 is 2.41 bits per heavy atom. The minimum atomic E-state index is -3.48. The van der Waals surface area contributed by atoms with Crippen LogP contribution in [-0.2, 0) is 24.3 Å². The molecule has 0 unspecified atom stereocenters. The molecule has 1 aliphatic rings. The van der Waals surface area contributed by atoms with E-state index >= 15 is 0 Å². The molecular formula is C19H28N2O5S. The summed E-state index contributed by atoms with van der Waals surface area (Å²) in [5.74, 6) is -0.377. The molecule has 1 fully saturated rings. The Balaban J connectivity index is 1.69. The summed E-state index contributed by atoms with van der Waals surface area (Å²) in [5, 5.41) is 2.92. The third-order valence-electron chi connectivity index (χ3n) is 4.79. The van der Waals surface area contributed by atoms with Gasteiger partial charge in [-0.1, -0.05) is 24.6 Å². The van der Waals surface area contributed by atoms with Crippen molar-refractivity contribution in [1.82, 2.24) is 9.62 Å². The van der Waals surface area contributed by atoms with Crippen LogP contribution < -0.4 is 5.32 Å². The summed E-state index contributed by atoms with van der Waals surface area (Å²) >= 11 is 0. The molecule has 0 atom stereocenters. The van der Waals surface area contributed by atoms with E-state index < -0.39 is 10.0 Å². The van der Waals surface area contributed by atoms with E-state index in [1.807, 2.05) is 0 Å². The molecule has 2 rings (SSSR count). The molecule has 1 saturated heterocycles. The van der Waals surface area contributed by atoms with Crippen LogP contribution in [0.2, 0.25) is 0 Å². The number of rotatable bonds is 9. The number of carbonyl (C=O) groups is 2. The van der Waals surface area contributed by atoms with Gasteiger partial charge in [0, 0.05) is 32.0 Å². The Bertz CT molecular complexity index is 713. The van der Waals surface area contributed by atoms with Crippen molar-refractivity contribution in [3.05, 3.63) is 30.3 Å². The van der Waals surface area contributed by atoms with Gasteiger partial charge in [0.1, 0.15) is 0 Å². The van der Waals surface area contributed by atoms with Crippen molar-refractivity contribution in [2.24, 2.45) is 5.92 Å². The van der Waals surface area contributed by atoms with Gasteiger partial charge in [-0.05, 0) is 37.8 Å². The van der Waals surface area contributed by atoms with Crippen LogP contribution in [0.3, 0.4) is 0 Å². The first-order chi connectivity index (χ1) is 12.9. The molecule has 0 spiro atoms. The van der Waals surface area contributed by atoms with Gasteiger partial charge in [0.15, 0.2) is 0 Å². The lowest BCUT2D eigenvalue weighted by molar-refractivity contribution is -0.140. The number of ether oxygens (including phenoxy) is 1. The van der Waals surface area contributed by atoms with E-state index in [0.717, 1.165) is 19.3 Å². The zero-order valence-electron chi connectivity index (χ0n) is 15.7. The molecule has 0 bridgehead atoms. The highest BCUT2D eigenvalue weighted by Gasteiger charge is 2.31. The molecule has 1 aromatic carbocycles. The van der Waals surface area contributed by atoms with Crippen molar-refractivity contribution in [2.75, 3.05) is 26.7 Å². The second-order valence-electron chi connectivity index (χ2n) is 6.67. The van der Waals surface area contributed by atoms with Crippen molar-refractivity contribution in [1.29, 1.82) is 0 Å². The fourth-order valence-electron chi connectivity index (χ4n) is 3.13. The molecule has 1 N–H and O–H groups in total. The van der Waals surface area contributed by atoms with E-state index in [9.17, 15) is 18.0 Å². The number of nitrogens with one attached hydrogen (secondary N) is 1. The standard InChI is InChI=1S/C19H28N2O5S/c1-26-18(22)10-6-3-7-13-20-19(23)16-11-14-21(15-12-16)27(24,25)17-8-4-2-5-9-17/h2,4-5,8-9,16H,3,6-7,10-15H2,1H3,(H,20,23). The lowest BCUT2D eigenvalue weighted by Crippen LogP contribution is -2.43. The molecule has 7 nitrogen and oxygen atoms in total. The molecule has 0 aliphatic carbocycles. The topological polar surface area (TPSA) is 92.8 Å². The quantitative estimate of drug-likeness (QED) is 0.509. The molecule has 1 amide bonds. The average Bonchev–Trinajstić information content (AvgIpc) is 2.70. The van der Waals surface area contributed by atoms with Crippen LogP contribution in [0, 0.1) is 5.92 Å². The second-order valence-corrected chi connectivity index (χ2v) is 8.61. The summed E-state index contributed by atoms with van der Waals surface area (Å²) in [7, 11) is -2.11. The molecule has 8 heteroatoms. The number of unbranched alkanes of at least 4 members (excludes halogenated alkanes) is 2. The second kappa shape index (κ2) is 10.4. The van der Waals surface area contributed by atoms with Gasteiger partial charge < -0.3 is 10.1 Å². The Labute approximate surface area is 161 Å². The van der Waals surface area contributed by atoms with Crippen molar-refractivity contribution in [3.8, 4) is 0 Å². The first-order valence-corrected chi connectivity index (χ1v) is 10.8. The van der Waals surface area contributed by atoms with E-state index in [1.54, 1.807) is 30.3 Å². The SMILES string of the molecule is COC(=O)CCCCCNC(=O)C1CCN(S(=O)(=O)c2ccccc2)CC1. The van der Waals surface area contributed by atoms with Crippen LogP contribution in [0.15, 0.2) is 35.2 Å². The molecule has 27 heavy (non-hydrogen) atoms. The molecule has 0 radical (unpaired) electrons. The Morgan fingerprint density at radius 1 is 1.11 bits per heavy atom. The van der Waals surface area contributed by atoms with Crippen molar-refractivity contribution < 1.29 is 22.7 Å². The number of amides is 1. The zero-order valence-corrected chi connectivity index (χ0v) is 16.5. The largest absolute Gasteiger partial charge is 0.469 e. The van der Waals surface area contributed by atoms with Gasteiger partial charge in [-0.2, -0.15) is 4.31 Å². The molecule has 150 valence electrons. The summed E-state index contributed by atoms with van der Waals surface area (Å²) in [4.78, 5) is 23.6. The average molecular weight is 397 g/mol. The van der Waals surface area contributed by atoms with Gasteiger partial charge in [0.05, 0.1) is 12.0 Å². The number of hydrogen-bond donors (Lipinski definition) is 1. The normalized spacial score (nSPS) is 16.0. The highest BCUT2D eigenvalue weighted by atomic mass is 32.2. The number of benzene rings is 1. The van der Waals surface area contributed by atoms with Crippen molar-refractivity contribution >= 4 is 21.9 Å². The predicted molar refractivity (Wildman–Crippen MR) is 101 cm³/mol. The lowest BCUT2D eigenvalue weighted by atomic mass is 9.97. The van der Waals surface area contributed by atoms with Crippen LogP contribution in [0.25, 0.3) is 0 Å². The van der Waals surface area contributed by atoms with Crippen LogP contribution in [0.1, 0.15) is 38.5 Å². The number of sulfonamides is 1. The maximum atomic E-state index is 12.6. The summed E-state index contributed by atoms with van der Waals surface area (Å²) < 4.78 is 31.2. The van der Waals surface area contributed by atoms with Gasteiger partial charge in [0.2, 0.25) is 15.9 Å². The molecule has 1 heterocycles. The van der Waals surface area contributed by atoms with Gasteiger partial charge in [-0.15, -0.1) is 0 Å². The molecule has 1 aliphatic heterocycles. The summed E-state index contributed by atoms with van der Waals surface area (Å²) in [6.45, 7) is 1.28. The summed E-state index contributed by atoms with van der Waals surface area (Å²) in [6, 6.07) is 8.38. The fourth-order valence-corrected chi connectivity index (χ4v) is 4.62. The van der Waals surface area contributed by atoms with E-state index in [0.29, 0.717) is 43.8 Å². The molecular weight excluding hydrogens is 368 g/mol. The number of esters is 1. The van der Waals surface area contributed by atoms with Crippen LogP contribution in [0.4, 0.5) is 0 Å². The van der Waals surface area contributed by atoms with E-state index in [4.69, 9.17) is 0 Å². The molecule has 1 aromatic rings. The zero-order chi connectivity index (χ0) is 19.7. The minimum absolute atomic E-state index is 0.0141. The molecule has 0 aromatic heterocycles. The highest BCUT2D eigenvalue weighted by Crippen LogP contribution is 2.23. The van der Waals surface area contributed by atoms with E-state index in [1.165, 1.54) is 11.4 Å². The summed E-state index contributed by atoms with van der Waals surface area (Å²) in [6.07, 6.45) is 3.87. The molecule has 0 saturated carbocycles. The van der Waals surface area contributed by atoms with Crippen LogP contribution in [-0.4, -0.2) is 51.3 Å². The van der Waals surface area contributed by atoms with Crippen LogP contribution >= 0.6 is 0 Å². The van der Waals surface area contributed by atoms with Gasteiger partial charge >= 0.3 is 5.97 Å². The van der Waals surface area contributed by atoms with Crippen LogP contribution in [0.5, 0.6) is 0 Å². The highest BCUT2D eigenvalue weighted by molar-refractivity contribution is 7.89. The third-order valence-corrected chi connectivity index (χ3v) is 6.70. The van der Waals surface area contributed by atoms with Gasteiger partial charge in [-0.3, -0.25) is 9.59 Å². The Kier molecular flexibility index (Phi) is 8.24. The maximum Gasteiger partial charge on any atom is 0.305 e. The monoisotopic (exact) mass is 396 g/mol. The number of carbonyl (C=O) groups excluding carboxylic acids is 2. The Morgan fingerprint density at radius 2 is 1.78 bits per heavy atom. The minimum Gasteiger partial charge on any atom is -0.469 e. The predicted octanol–water partition coefficient (Wildman–Crippen LogP) is 1.94. The van der Waals surface area contributed by atoms with Crippen molar-refractivity contribution in [3.63, 3.8) is 0 Å².